The molecule has 1 aliphatic carbocycles. The SMILES string of the molecule is CCc1cc(C(=O)O)cc(NC2CCOC2C2CC2)n1. The molecule has 2 atom stereocenters. The summed E-state index contributed by atoms with van der Waals surface area (Å²) in [4.78, 5) is 15.6. The van der Waals surface area contributed by atoms with E-state index in [0.29, 0.717) is 17.3 Å². The largest absolute Gasteiger partial charge is 0.478 e. The Bertz CT molecular complexity index is 514. The molecular weight excluding hydrogens is 256 g/mol. The average Bonchev–Trinajstić information content (AvgIpc) is 3.19. The molecule has 108 valence electrons. The lowest BCUT2D eigenvalue weighted by Crippen LogP contribution is -2.31. The highest BCUT2D eigenvalue weighted by Gasteiger charge is 2.40. The lowest BCUT2D eigenvalue weighted by Gasteiger charge is -2.20. The van der Waals surface area contributed by atoms with Crippen LogP contribution < -0.4 is 5.32 Å². The molecule has 0 amide bonds. The molecular formula is C15H20N2O3. The van der Waals surface area contributed by atoms with E-state index < -0.39 is 5.97 Å². The normalized spacial score (nSPS) is 25.6. The maximum atomic E-state index is 11.2. The van der Waals surface area contributed by atoms with Gasteiger partial charge in [0, 0.05) is 12.3 Å². The maximum absolute atomic E-state index is 11.2. The first-order valence-electron chi connectivity index (χ1n) is 7.29. The Kier molecular flexibility index (Phi) is 3.61. The molecule has 0 spiro atoms. The summed E-state index contributed by atoms with van der Waals surface area (Å²) >= 11 is 0. The lowest BCUT2D eigenvalue weighted by molar-refractivity contribution is 0.0696. The molecule has 5 nitrogen and oxygen atoms in total. The number of pyridine rings is 1. The number of nitrogens with zero attached hydrogens (tertiary/aromatic N) is 1. The van der Waals surface area contributed by atoms with E-state index in [1.165, 1.54) is 12.8 Å². The summed E-state index contributed by atoms with van der Waals surface area (Å²) in [5.41, 5.74) is 1.09. The molecule has 2 fully saturated rings. The van der Waals surface area contributed by atoms with Crippen molar-refractivity contribution >= 4 is 11.8 Å². The summed E-state index contributed by atoms with van der Waals surface area (Å²) < 4.78 is 5.79. The molecule has 1 aromatic heterocycles. The predicted molar refractivity (Wildman–Crippen MR) is 75.1 cm³/mol. The second-order valence-electron chi connectivity index (χ2n) is 5.60. The molecule has 1 aliphatic heterocycles. The average molecular weight is 276 g/mol. The van der Waals surface area contributed by atoms with E-state index in [0.717, 1.165) is 25.1 Å². The number of carboxylic acids is 1. The highest BCUT2D eigenvalue weighted by atomic mass is 16.5. The number of nitrogens with one attached hydrogen (secondary N) is 1. The molecule has 0 bridgehead atoms. The topological polar surface area (TPSA) is 71.5 Å². The van der Waals surface area contributed by atoms with Crippen LogP contribution in [0.5, 0.6) is 0 Å². The number of aryl methyl sites for hydroxylation is 1. The molecule has 0 radical (unpaired) electrons. The van der Waals surface area contributed by atoms with Gasteiger partial charge in [0.1, 0.15) is 5.82 Å². The van der Waals surface area contributed by atoms with Gasteiger partial charge in [-0.15, -0.1) is 0 Å². The van der Waals surface area contributed by atoms with Crippen molar-refractivity contribution < 1.29 is 14.6 Å². The first kappa shape index (κ1) is 13.4. The molecule has 20 heavy (non-hydrogen) atoms. The van der Waals surface area contributed by atoms with Gasteiger partial charge in [0.25, 0.3) is 0 Å². The van der Waals surface area contributed by atoms with Crippen molar-refractivity contribution in [2.24, 2.45) is 5.92 Å². The Balaban J connectivity index is 1.78. The molecule has 0 aromatic carbocycles. The Labute approximate surface area is 118 Å². The first-order chi connectivity index (χ1) is 9.67. The minimum Gasteiger partial charge on any atom is -0.478 e. The summed E-state index contributed by atoms with van der Waals surface area (Å²) in [6, 6.07) is 3.50. The quantitative estimate of drug-likeness (QED) is 0.863. The van der Waals surface area contributed by atoms with Crippen LogP contribution in [0.15, 0.2) is 12.1 Å². The summed E-state index contributed by atoms with van der Waals surface area (Å²) in [6.45, 7) is 2.75. The zero-order valence-electron chi connectivity index (χ0n) is 11.6. The van der Waals surface area contributed by atoms with Crippen LogP contribution >= 0.6 is 0 Å². The number of rotatable bonds is 5. The standard InChI is InChI=1S/C15H20N2O3/c1-2-11-7-10(15(18)19)8-13(16-11)17-12-5-6-20-14(12)9-3-4-9/h7-9,12,14H,2-6H2,1H3,(H,16,17)(H,18,19). The van der Waals surface area contributed by atoms with Gasteiger partial charge in [0.15, 0.2) is 0 Å². The number of ether oxygens (including phenoxy) is 1. The van der Waals surface area contributed by atoms with Gasteiger partial charge >= 0.3 is 5.97 Å². The Morgan fingerprint density at radius 1 is 1.45 bits per heavy atom. The highest BCUT2D eigenvalue weighted by Crippen LogP contribution is 2.39. The number of hydrogen-bond donors (Lipinski definition) is 2. The third-order valence-electron chi connectivity index (χ3n) is 4.04. The van der Waals surface area contributed by atoms with Crippen LogP contribution in [-0.4, -0.2) is 34.8 Å². The summed E-state index contributed by atoms with van der Waals surface area (Å²) in [5, 5.41) is 12.5. The Morgan fingerprint density at radius 2 is 2.25 bits per heavy atom. The number of aromatic carboxylic acids is 1. The predicted octanol–water partition coefficient (Wildman–Crippen LogP) is 2.32. The van der Waals surface area contributed by atoms with E-state index in [1.54, 1.807) is 12.1 Å². The number of aromatic nitrogens is 1. The van der Waals surface area contributed by atoms with Crippen molar-refractivity contribution in [3.63, 3.8) is 0 Å². The van der Waals surface area contributed by atoms with Crippen LogP contribution in [-0.2, 0) is 11.2 Å². The van der Waals surface area contributed by atoms with Crippen molar-refractivity contribution in [3.05, 3.63) is 23.4 Å². The number of carbonyl (C=O) groups is 1. The van der Waals surface area contributed by atoms with Gasteiger partial charge < -0.3 is 15.2 Å². The van der Waals surface area contributed by atoms with Crippen LogP contribution in [0.1, 0.15) is 42.2 Å². The molecule has 1 saturated heterocycles. The fraction of sp³-hybridized carbons (Fsp3) is 0.600. The van der Waals surface area contributed by atoms with E-state index in [2.05, 4.69) is 10.3 Å². The third-order valence-corrected chi connectivity index (χ3v) is 4.04. The molecule has 3 rings (SSSR count). The Hall–Kier alpha value is -1.62. The van der Waals surface area contributed by atoms with Crippen LogP contribution in [0.2, 0.25) is 0 Å². The van der Waals surface area contributed by atoms with Crippen LogP contribution in [0, 0.1) is 5.92 Å². The second kappa shape index (κ2) is 5.40. The third kappa shape index (κ3) is 2.77. The molecule has 1 aromatic rings. The van der Waals surface area contributed by atoms with Crippen LogP contribution in [0.3, 0.4) is 0 Å². The second-order valence-corrected chi connectivity index (χ2v) is 5.60. The molecule has 2 heterocycles. The van der Waals surface area contributed by atoms with Gasteiger partial charge in [0.05, 0.1) is 17.7 Å². The smallest absolute Gasteiger partial charge is 0.335 e. The first-order valence-corrected chi connectivity index (χ1v) is 7.29. The van der Waals surface area contributed by atoms with Gasteiger partial charge in [-0.05, 0) is 43.7 Å². The fourth-order valence-electron chi connectivity index (χ4n) is 2.81. The zero-order chi connectivity index (χ0) is 14.1. The summed E-state index contributed by atoms with van der Waals surface area (Å²) in [6.07, 6.45) is 4.43. The van der Waals surface area contributed by atoms with Crippen molar-refractivity contribution in [1.29, 1.82) is 0 Å². The summed E-state index contributed by atoms with van der Waals surface area (Å²) in [7, 11) is 0. The van der Waals surface area contributed by atoms with Crippen molar-refractivity contribution in [3.8, 4) is 0 Å². The fourth-order valence-corrected chi connectivity index (χ4v) is 2.81. The van der Waals surface area contributed by atoms with Gasteiger partial charge in [-0.2, -0.15) is 0 Å². The minimum atomic E-state index is -0.911. The van der Waals surface area contributed by atoms with E-state index in [1.807, 2.05) is 6.92 Å². The van der Waals surface area contributed by atoms with E-state index in [9.17, 15) is 4.79 Å². The highest BCUT2D eigenvalue weighted by molar-refractivity contribution is 5.88. The zero-order valence-corrected chi connectivity index (χ0v) is 11.6. The molecule has 2 N–H and O–H groups in total. The van der Waals surface area contributed by atoms with Gasteiger partial charge in [-0.25, -0.2) is 9.78 Å². The minimum absolute atomic E-state index is 0.253. The maximum Gasteiger partial charge on any atom is 0.335 e. The van der Waals surface area contributed by atoms with E-state index in [-0.39, 0.29) is 12.1 Å². The molecule has 2 unspecified atom stereocenters. The van der Waals surface area contributed by atoms with Crippen molar-refractivity contribution in [1.82, 2.24) is 4.98 Å². The lowest BCUT2D eigenvalue weighted by atomic mass is 10.1. The molecule has 5 heteroatoms. The Morgan fingerprint density at radius 3 is 2.90 bits per heavy atom. The van der Waals surface area contributed by atoms with Gasteiger partial charge in [0.2, 0.25) is 0 Å². The molecule has 2 aliphatic rings. The van der Waals surface area contributed by atoms with E-state index >= 15 is 0 Å². The van der Waals surface area contributed by atoms with Gasteiger partial charge in [-0.1, -0.05) is 6.92 Å². The van der Waals surface area contributed by atoms with Gasteiger partial charge in [-0.3, -0.25) is 0 Å². The van der Waals surface area contributed by atoms with Crippen molar-refractivity contribution in [2.75, 3.05) is 11.9 Å². The molecule has 1 saturated carbocycles. The number of hydrogen-bond acceptors (Lipinski definition) is 4. The van der Waals surface area contributed by atoms with E-state index in [4.69, 9.17) is 9.84 Å². The number of carboxylic acid groups (broad SMARTS) is 1. The van der Waals surface area contributed by atoms with Crippen LogP contribution in [0.4, 0.5) is 5.82 Å². The monoisotopic (exact) mass is 276 g/mol. The van der Waals surface area contributed by atoms with Crippen LogP contribution in [0.25, 0.3) is 0 Å². The van der Waals surface area contributed by atoms with Crippen molar-refractivity contribution in [2.45, 2.75) is 44.8 Å². The number of anilines is 1. The summed E-state index contributed by atoms with van der Waals surface area (Å²) in [5.74, 6) is 0.415.